The molecule has 1 aromatic heterocycles. The molecule has 0 radical (unpaired) electrons. The number of azide groups is 1. The molecule has 2 rings (SSSR count). The van der Waals surface area contributed by atoms with Crippen LogP contribution < -0.4 is 0 Å². The zero-order chi connectivity index (χ0) is 12.1. The highest BCUT2D eigenvalue weighted by Gasteiger charge is 1.98. The summed E-state index contributed by atoms with van der Waals surface area (Å²) in [4.78, 5) is 10.1. The fourth-order valence-corrected chi connectivity index (χ4v) is 1.53. The molecule has 5 heteroatoms. The molecule has 0 unspecified atom stereocenters. The summed E-state index contributed by atoms with van der Waals surface area (Å²) in [5, 5.41) is 3.42. The standard InChI is InChI=1S/C12H11N5/c1-9-15-11-6-5-10(8-12(11)16-9)4-2-3-7-14-17-13/h5-6,8H,3,7H2,1H3,(H,15,16). The van der Waals surface area contributed by atoms with Crippen LogP contribution in [0.15, 0.2) is 23.3 Å². The fourth-order valence-electron chi connectivity index (χ4n) is 1.53. The lowest BCUT2D eigenvalue weighted by Gasteiger charge is -1.90. The second kappa shape index (κ2) is 5.06. The van der Waals surface area contributed by atoms with Crippen LogP contribution in [0.25, 0.3) is 21.5 Å². The Bertz CT molecular complexity index is 638. The summed E-state index contributed by atoms with van der Waals surface area (Å²) in [5.74, 6) is 6.88. The van der Waals surface area contributed by atoms with Crippen molar-refractivity contribution in [1.29, 1.82) is 0 Å². The molecule has 17 heavy (non-hydrogen) atoms. The number of aryl methyl sites for hydroxylation is 1. The second-order valence-corrected chi connectivity index (χ2v) is 3.56. The normalized spacial score (nSPS) is 9.47. The Kier molecular flexibility index (Phi) is 3.29. The number of aromatic nitrogens is 2. The summed E-state index contributed by atoms with van der Waals surface area (Å²) in [7, 11) is 0. The van der Waals surface area contributed by atoms with Crippen molar-refractivity contribution in [2.24, 2.45) is 5.11 Å². The van der Waals surface area contributed by atoms with Gasteiger partial charge in [0.05, 0.1) is 11.0 Å². The van der Waals surface area contributed by atoms with Crippen LogP contribution in [0.2, 0.25) is 0 Å². The smallest absolute Gasteiger partial charge is 0.104 e. The molecule has 1 N–H and O–H groups in total. The molecule has 0 bridgehead atoms. The van der Waals surface area contributed by atoms with E-state index in [1.165, 1.54) is 0 Å². The van der Waals surface area contributed by atoms with Gasteiger partial charge in [0.15, 0.2) is 0 Å². The van der Waals surface area contributed by atoms with Crippen molar-refractivity contribution in [3.63, 3.8) is 0 Å². The molecule has 0 fully saturated rings. The van der Waals surface area contributed by atoms with Gasteiger partial charge < -0.3 is 4.98 Å². The Morgan fingerprint density at radius 3 is 3.24 bits per heavy atom. The fraction of sp³-hybridized carbons (Fsp3) is 0.250. The van der Waals surface area contributed by atoms with Crippen LogP contribution in [0.3, 0.4) is 0 Å². The van der Waals surface area contributed by atoms with Gasteiger partial charge in [0.1, 0.15) is 5.82 Å². The number of benzene rings is 1. The Morgan fingerprint density at radius 1 is 1.53 bits per heavy atom. The molecule has 1 aromatic carbocycles. The van der Waals surface area contributed by atoms with E-state index in [4.69, 9.17) is 5.53 Å². The lowest BCUT2D eigenvalue weighted by Crippen LogP contribution is -1.77. The molecule has 0 atom stereocenters. The van der Waals surface area contributed by atoms with Gasteiger partial charge in [0.2, 0.25) is 0 Å². The van der Waals surface area contributed by atoms with Gasteiger partial charge in [-0.3, -0.25) is 0 Å². The Morgan fingerprint density at radius 2 is 2.41 bits per heavy atom. The molecule has 0 saturated carbocycles. The van der Waals surface area contributed by atoms with Crippen LogP contribution >= 0.6 is 0 Å². The summed E-state index contributed by atoms with van der Waals surface area (Å²) in [5.41, 5.74) is 11.0. The molecular formula is C12H11N5. The molecule has 0 aliphatic heterocycles. The van der Waals surface area contributed by atoms with Gasteiger partial charge in [0, 0.05) is 23.4 Å². The quantitative estimate of drug-likeness (QED) is 0.275. The molecule has 84 valence electrons. The van der Waals surface area contributed by atoms with Crippen molar-refractivity contribution in [2.75, 3.05) is 6.54 Å². The SMILES string of the molecule is Cc1nc2ccc(C#CCCN=[N+]=[N-])cc2[nH]1. The Labute approximate surface area is 98.5 Å². The number of hydrogen-bond donors (Lipinski definition) is 1. The predicted octanol–water partition coefficient (Wildman–Crippen LogP) is 2.92. The zero-order valence-electron chi connectivity index (χ0n) is 9.44. The van der Waals surface area contributed by atoms with Crippen LogP contribution in [-0.4, -0.2) is 16.5 Å². The lowest BCUT2D eigenvalue weighted by atomic mass is 10.2. The third kappa shape index (κ3) is 2.77. The van der Waals surface area contributed by atoms with Gasteiger partial charge in [-0.1, -0.05) is 17.0 Å². The maximum atomic E-state index is 8.10. The number of hydrogen-bond acceptors (Lipinski definition) is 2. The van der Waals surface area contributed by atoms with Crippen molar-refractivity contribution in [3.05, 3.63) is 40.0 Å². The minimum absolute atomic E-state index is 0.412. The van der Waals surface area contributed by atoms with Crippen molar-refractivity contribution in [2.45, 2.75) is 13.3 Å². The van der Waals surface area contributed by atoms with Crippen molar-refractivity contribution >= 4 is 11.0 Å². The van der Waals surface area contributed by atoms with E-state index in [1.807, 2.05) is 25.1 Å². The molecule has 0 saturated heterocycles. The van der Waals surface area contributed by atoms with Crippen LogP contribution in [0.4, 0.5) is 0 Å². The topological polar surface area (TPSA) is 77.4 Å². The van der Waals surface area contributed by atoms with Gasteiger partial charge in [0.25, 0.3) is 0 Å². The first-order valence-corrected chi connectivity index (χ1v) is 5.26. The van der Waals surface area contributed by atoms with E-state index in [9.17, 15) is 0 Å². The van der Waals surface area contributed by atoms with Gasteiger partial charge in [-0.15, -0.1) is 0 Å². The number of H-pyrrole nitrogens is 1. The van der Waals surface area contributed by atoms with E-state index in [-0.39, 0.29) is 0 Å². The van der Waals surface area contributed by atoms with Gasteiger partial charge in [-0.05, 0) is 30.7 Å². The zero-order valence-corrected chi connectivity index (χ0v) is 9.44. The van der Waals surface area contributed by atoms with E-state index < -0.39 is 0 Å². The highest BCUT2D eigenvalue weighted by Crippen LogP contribution is 2.12. The van der Waals surface area contributed by atoms with Crippen molar-refractivity contribution in [3.8, 4) is 11.8 Å². The molecule has 0 aliphatic carbocycles. The van der Waals surface area contributed by atoms with Crippen molar-refractivity contribution in [1.82, 2.24) is 9.97 Å². The molecule has 0 spiro atoms. The van der Waals surface area contributed by atoms with Crippen molar-refractivity contribution < 1.29 is 0 Å². The maximum Gasteiger partial charge on any atom is 0.104 e. The van der Waals surface area contributed by atoms with E-state index in [2.05, 4.69) is 31.8 Å². The molecule has 5 nitrogen and oxygen atoms in total. The third-order valence-corrected chi connectivity index (χ3v) is 2.23. The van der Waals surface area contributed by atoms with Crippen LogP contribution in [-0.2, 0) is 0 Å². The number of fused-ring (bicyclic) bond motifs is 1. The average Bonchev–Trinajstić information content (AvgIpc) is 2.68. The van der Waals surface area contributed by atoms with Crippen LogP contribution in [0, 0.1) is 18.8 Å². The molecule has 2 aromatic rings. The number of rotatable bonds is 2. The second-order valence-electron chi connectivity index (χ2n) is 3.56. The predicted molar refractivity (Wildman–Crippen MR) is 66.3 cm³/mol. The molecule has 1 heterocycles. The first-order valence-electron chi connectivity index (χ1n) is 5.26. The summed E-state index contributed by atoms with van der Waals surface area (Å²) < 4.78 is 0. The molecule has 0 amide bonds. The van der Waals surface area contributed by atoms with Gasteiger partial charge >= 0.3 is 0 Å². The highest BCUT2D eigenvalue weighted by molar-refractivity contribution is 5.76. The van der Waals surface area contributed by atoms with Crippen LogP contribution in [0.5, 0.6) is 0 Å². The van der Waals surface area contributed by atoms with Crippen LogP contribution in [0.1, 0.15) is 17.8 Å². The first kappa shape index (κ1) is 11.1. The summed E-state index contributed by atoms with van der Waals surface area (Å²) in [6.07, 6.45) is 0.574. The van der Waals surface area contributed by atoms with E-state index in [0.29, 0.717) is 13.0 Å². The Hall–Kier alpha value is -2.44. The first-order chi connectivity index (χ1) is 8.29. The summed E-state index contributed by atoms with van der Waals surface area (Å²) in [6.45, 7) is 2.33. The number of aromatic amines is 1. The third-order valence-electron chi connectivity index (χ3n) is 2.23. The minimum Gasteiger partial charge on any atom is -0.342 e. The molecule has 0 aliphatic rings. The molecular weight excluding hydrogens is 214 g/mol. The van der Waals surface area contributed by atoms with E-state index in [1.54, 1.807) is 0 Å². The number of nitrogens with zero attached hydrogens (tertiary/aromatic N) is 4. The maximum absolute atomic E-state index is 8.10. The van der Waals surface area contributed by atoms with E-state index >= 15 is 0 Å². The average molecular weight is 225 g/mol. The van der Waals surface area contributed by atoms with E-state index in [0.717, 1.165) is 22.4 Å². The number of imidazole rings is 1. The highest BCUT2D eigenvalue weighted by atomic mass is 15.1. The number of nitrogens with one attached hydrogen (secondary N) is 1. The van der Waals surface area contributed by atoms with Gasteiger partial charge in [-0.25, -0.2) is 4.98 Å². The van der Waals surface area contributed by atoms with Gasteiger partial charge in [-0.2, -0.15) is 0 Å². The lowest BCUT2D eigenvalue weighted by molar-refractivity contribution is 1.01. The summed E-state index contributed by atoms with van der Waals surface area (Å²) in [6, 6.07) is 5.84. The largest absolute Gasteiger partial charge is 0.342 e. The minimum atomic E-state index is 0.412. The summed E-state index contributed by atoms with van der Waals surface area (Å²) >= 11 is 0. The monoisotopic (exact) mass is 225 g/mol. The Balaban J connectivity index is 2.15.